The Hall–Kier alpha value is -1.64. The summed E-state index contributed by atoms with van der Waals surface area (Å²) in [6.45, 7) is 4.57. The van der Waals surface area contributed by atoms with Crippen LogP contribution in [0.4, 0.5) is 0 Å². The Bertz CT molecular complexity index is 534. The SMILES string of the molecule is CN1CCN(C(C2=CCC=CC=C2)c2ccccc2)CC1. The van der Waals surface area contributed by atoms with Crippen molar-refractivity contribution in [2.24, 2.45) is 0 Å². The number of benzene rings is 1. The van der Waals surface area contributed by atoms with E-state index >= 15 is 0 Å². The molecule has 2 nitrogen and oxygen atoms in total. The summed E-state index contributed by atoms with van der Waals surface area (Å²) in [5.74, 6) is 0. The number of hydrogen-bond donors (Lipinski definition) is 0. The third kappa shape index (κ3) is 3.52. The number of rotatable bonds is 3. The van der Waals surface area contributed by atoms with Crippen LogP contribution in [0.1, 0.15) is 18.0 Å². The highest BCUT2D eigenvalue weighted by atomic mass is 15.3. The van der Waals surface area contributed by atoms with Gasteiger partial charge in [-0.25, -0.2) is 0 Å². The van der Waals surface area contributed by atoms with Crippen LogP contribution >= 0.6 is 0 Å². The Morgan fingerprint density at radius 2 is 1.71 bits per heavy atom. The van der Waals surface area contributed by atoms with Crippen molar-refractivity contribution in [1.29, 1.82) is 0 Å². The molecule has 1 aliphatic carbocycles. The molecule has 2 heteroatoms. The molecule has 2 aliphatic rings. The Balaban J connectivity index is 1.90. The molecule has 0 bridgehead atoms. The lowest BCUT2D eigenvalue weighted by Gasteiger charge is -2.39. The lowest BCUT2D eigenvalue weighted by Crippen LogP contribution is -2.46. The third-order valence-corrected chi connectivity index (χ3v) is 4.36. The Morgan fingerprint density at radius 3 is 2.48 bits per heavy atom. The predicted octanol–water partition coefficient (Wildman–Crippen LogP) is 3.42. The van der Waals surface area contributed by atoms with Crippen molar-refractivity contribution in [2.75, 3.05) is 33.2 Å². The molecule has 0 aromatic heterocycles. The van der Waals surface area contributed by atoms with E-state index in [9.17, 15) is 0 Å². The average Bonchev–Trinajstić information content (AvgIpc) is 2.80. The van der Waals surface area contributed by atoms with Crippen LogP contribution in [0.15, 0.2) is 66.3 Å². The molecule has 3 rings (SSSR count). The second-order valence-corrected chi connectivity index (χ2v) is 5.88. The summed E-state index contributed by atoms with van der Waals surface area (Å²) in [5, 5.41) is 0. The molecule has 1 aliphatic heterocycles. The molecule has 1 aromatic carbocycles. The highest BCUT2D eigenvalue weighted by Crippen LogP contribution is 2.31. The molecule has 21 heavy (non-hydrogen) atoms. The van der Waals surface area contributed by atoms with E-state index in [4.69, 9.17) is 0 Å². The molecule has 0 amide bonds. The van der Waals surface area contributed by atoms with Crippen molar-refractivity contribution in [3.05, 3.63) is 71.8 Å². The van der Waals surface area contributed by atoms with E-state index in [0.29, 0.717) is 6.04 Å². The molecule has 1 fully saturated rings. The Kier molecular flexibility index (Phi) is 4.69. The number of piperazine rings is 1. The van der Waals surface area contributed by atoms with Gasteiger partial charge in [-0.2, -0.15) is 0 Å². The zero-order valence-corrected chi connectivity index (χ0v) is 12.8. The van der Waals surface area contributed by atoms with Gasteiger partial charge in [-0.1, -0.05) is 60.7 Å². The van der Waals surface area contributed by atoms with Gasteiger partial charge in [0.1, 0.15) is 0 Å². The second-order valence-electron chi connectivity index (χ2n) is 5.88. The van der Waals surface area contributed by atoms with Gasteiger partial charge in [-0.05, 0) is 24.6 Å². The van der Waals surface area contributed by atoms with E-state index in [1.807, 2.05) is 0 Å². The fourth-order valence-electron chi connectivity index (χ4n) is 3.13. The summed E-state index contributed by atoms with van der Waals surface area (Å²) in [6.07, 6.45) is 12.2. The van der Waals surface area contributed by atoms with E-state index in [1.165, 1.54) is 11.1 Å². The second kappa shape index (κ2) is 6.88. The summed E-state index contributed by atoms with van der Waals surface area (Å²) in [7, 11) is 2.21. The predicted molar refractivity (Wildman–Crippen MR) is 89.2 cm³/mol. The first-order chi connectivity index (χ1) is 10.3. The Labute approximate surface area is 128 Å². The first kappa shape index (κ1) is 14.3. The van der Waals surface area contributed by atoms with Crippen LogP contribution in [-0.4, -0.2) is 43.0 Å². The molecular weight excluding hydrogens is 256 g/mol. The van der Waals surface area contributed by atoms with Gasteiger partial charge in [0, 0.05) is 26.2 Å². The van der Waals surface area contributed by atoms with Crippen LogP contribution in [0.3, 0.4) is 0 Å². The summed E-state index contributed by atoms with van der Waals surface area (Å²) >= 11 is 0. The first-order valence-electron chi connectivity index (χ1n) is 7.85. The lowest BCUT2D eigenvalue weighted by molar-refractivity contribution is 0.127. The molecule has 1 atom stereocenters. The quantitative estimate of drug-likeness (QED) is 0.837. The highest BCUT2D eigenvalue weighted by Gasteiger charge is 2.25. The molecule has 0 spiro atoms. The summed E-state index contributed by atoms with van der Waals surface area (Å²) < 4.78 is 0. The number of allylic oxidation sites excluding steroid dienone is 4. The smallest absolute Gasteiger partial charge is 0.0599 e. The van der Waals surface area contributed by atoms with Crippen molar-refractivity contribution in [2.45, 2.75) is 12.5 Å². The normalized spacial score (nSPS) is 21.9. The maximum atomic E-state index is 2.62. The van der Waals surface area contributed by atoms with E-state index in [-0.39, 0.29) is 0 Å². The molecule has 110 valence electrons. The van der Waals surface area contributed by atoms with E-state index in [1.54, 1.807) is 0 Å². The summed E-state index contributed by atoms with van der Waals surface area (Å²) in [5.41, 5.74) is 2.83. The van der Waals surface area contributed by atoms with Gasteiger partial charge in [0.05, 0.1) is 6.04 Å². The molecule has 0 radical (unpaired) electrons. The Morgan fingerprint density at radius 1 is 0.952 bits per heavy atom. The van der Waals surface area contributed by atoms with Gasteiger partial charge in [0.15, 0.2) is 0 Å². The van der Waals surface area contributed by atoms with E-state index in [0.717, 1.165) is 32.6 Å². The molecular formula is C19H24N2. The lowest BCUT2D eigenvalue weighted by atomic mass is 9.95. The minimum Gasteiger partial charge on any atom is -0.304 e. The summed E-state index contributed by atoms with van der Waals surface area (Å²) in [4.78, 5) is 5.04. The molecule has 0 saturated carbocycles. The van der Waals surface area contributed by atoms with Gasteiger partial charge in [-0.15, -0.1) is 0 Å². The van der Waals surface area contributed by atoms with Crippen molar-refractivity contribution in [1.82, 2.24) is 9.80 Å². The van der Waals surface area contributed by atoms with Gasteiger partial charge in [0.25, 0.3) is 0 Å². The maximum Gasteiger partial charge on any atom is 0.0599 e. The minimum atomic E-state index is 0.385. The average molecular weight is 280 g/mol. The van der Waals surface area contributed by atoms with Gasteiger partial charge in [0.2, 0.25) is 0 Å². The third-order valence-electron chi connectivity index (χ3n) is 4.36. The van der Waals surface area contributed by atoms with Crippen LogP contribution in [-0.2, 0) is 0 Å². The number of likely N-dealkylation sites (N-methyl/N-ethyl adjacent to an activating group) is 1. The van der Waals surface area contributed by atoms with Gasteiger partial charge in [-0.3, -0.25) is 4.90 Å². The zero-order chi connectivity index (χ0) is 14.5. The highest BCUT2D eigenvalue weighted by molar-refractivity contribution is 5.37. The van der Waals surface area contributed by atoms with Crippen LogP contribution in [0.2, 0.25) is 0 Å². The monoisotopic (exact) mass is 280 g/mol. The summed E-state index contributed by atoms with van der Waals surface area (Å²) in [6, 6.07) is 11.3. The molecule has 0 N–H and O–H groups in total. The number of hydrogen-bond acceptors (Lipinski definition) is 2. The maximum absolute atomic E-state index is 2.62. The van der Waals surface area contributed by atoms with Crippen LogP contribution < -0.4 is 0 Å². The van der Waals surface area contributed by atoms with Crippen molar-refractivity contribution in [3.63, 3.8) is 0 Å². The molecule has 1 heterocycles. The zero-order valence-electron chi connectivity index (χ0n) is 12.8. The minimum absolute atomic E-state index is 0.385. The van der Waals surface area contributed by atoms with Crippen molar-refractivity contribution < 1.29 is 0 Å². The van der Waals surface area contributed by atoms with Crippen LogP contribution in [0, 0.1) is 0 Å². The van der Waals surface area contributed by atoms with Crippen molar-refractivity contribution >= 4 is 0 Å². The van der Waals surface area contributed by atoms with Gasteiger partial charge < -0.3 is 4.90 Å². The van der Waals surface area contributed by atoms with Gasteiger partial charge >= 0.3 is 0 Å². The standard InChI is InChI=1S/C19H24N2/c1-20-13-15-21(16-14-20)19(18-11-7-4-8-12-18)17-9-5-2-3-6-10-17/h2-5,7-12,19H,6,13-16H2,1H3. The van der Waals surface area contributed by atoms with Crippen molar-refractivity contribution in [3.8, 4) is 0 Å². The molecule has 1 saturated heterocycles. The fraction of sp³-hybridized carbons (Fsp3) is 0.368. The topological polar surface area (TPSA) is 6.48 Å². The van der Waals surface area contributed by atoms with Crippen LogP contribution in [0.25, 0.3) is 0 Å². The van der Waals surface area contributed by atoms with Crippen LogP contribution in [0.5, 0.6) is 0 Å². The molecule has 1 unspecified atom stereocenters. The fourth-order valence-corrected chi connectivity index (χ4v) is 3.13. The first-order valence-corrected chi connectivity index (χ1v) is 7.85. The largest absolute Gasteiger partial charge is 0.304 e. The van der Waals surface area contributed by atoms with E-state index in [2.05, 4.69) is 77.6 Å². The number of nitrogens with zero attached hydrogens (tertiary/aromatic N) is 2. The molecule has 1 aromatic rings. The van der Waals surface area contributed by atoms with E-state index < -0.39 is 0 Å².